The van der Waals surface area contributed by atoms with Gasteiger partial charge in [-0.2, -0.15) is 0 Å². The van der Waals surface area contributed by atoms with Crippen LogP contribution in [0.15, 0.2) is 0 Å². The molecule has 1 aliphatic heterocycles. The van der Waals surface area contributed by atoms with E-state index in [4.69, 9.17) is 5.11 Å². The van der Waals surface area contributed by atoms with E-state index in [0.717, 1.165) is 23.7 Å². The summed E-state index contributed by atoms with van der Waals surface area (Å²) in [4.78, 5) is 10.2. The first kappa shape index (κ1) is 12.2. The molecule has 0 bridgehead atoms. The molecule has 1 N–H and O–H groups in total. The number of carboxylic acid groups (broad SMARTS) is 1. The molecule has 0 aromatic rings. The fraction of sp³-hybridized carbons (Fsp3) is 0.900. The van der Waals surface area contributed by atoms with Crippen LogP contribution in [0.1, 0.15) is 39.0 Å². The van der Waals surface area contributed by atoms with Crippen molar-refractivity contribution in [2.45, 2.75) is 48.6 Å². The molecule has 1 rings (SSSR count). The molecule has 2 atom stereocenters. The summed E-state index contributed by atoms with van der Waals surface area (Å²) in [5.41, 5.74) is -0.912. The maximum absolute atomic E-state index is 13.4. The zero-order valence-electron chi connectivity index (χ0n) is 8.43. The molecule has 4 heteroatoms. The third-order valence-electron chi connectivity index (χ3n) is 2.38. The van der Waals surface area contributed by atoms with E-state index in [1.54, 1.807) is 6.92 Å². The van der Waals surface area contributed by atoms with Gasteiger partial charge in [0.1, 0.15) is 0 Å². The van der Waals surface area contributed by atoms with Gasteiger partial charge >= 0.3 is 94.5 Å². The van der Waals surface area contributed by atoms with Crippen LogP contribution in [-0.2, 0) is 4.79 Å². The van der Waals surface area contributed by atoms with Gasteiger partial charge in [0, 0.05) is 0 Å². The molecular weight excluding hydrogens is 298 g/mol. The summed E-state index contributed by atoms with van der Waals surface area (Å²) in [6, 6.07) is 0. The SMILES string of the molecule is CC1(F)C[I-][C@H](CCCCC(=O)O)C1. The normalized spacial score (nSPS) is 32.6. The van der Waals surface area contributed by atoms with Crippen LogP contribution in [0.5, 0.6) is 0 Å². The van der Waals surface area contributed by atoms with Gasteiger partial charge in [-0.05, 0) is 0 Å². The van der Waals surface area contributed by atoms with Crippen molar-refractivity contribution in [3.63, 3.8) is 0 Å². The van der Waals surface area contributed by atoms with Crippen LogP contribution in [0.4, 0.5) is 4.39 Å². The second-order valence-corrected chi connectivity index (χ2v) is 7.55. The number of hydrogen-bond acceptors (Lipinski definition) is 1. The van der Waals surface area contributed by atoms with Crippen LogP contribution in [0, 0.1) is 0 Å². The fourth-order valence-electron chi connectivity index (χ4n) is 1.66. The molecule has 84 valence electrons. The zero-order chi connectivity index (χ0) is 10.6. The quantitative estimate of drug-likeness (QED) is 0.411. The summed E-state index contributed by atoms with van der Waals surface area (Å²) in [5.74, 6) is -0.721. The van der Waals surface area contributed by atoms with Crippen LogP contribution in [0.2, 0.25) is 0 Å². The second kappa shape index (κ2) is 5.28. The summed E-state index contributed by atoms with van der Waals surface area (Å²) in [6.45, 7) is 1.70. The molecule has 0 amide bonds. The number of hydrogen-bond donors (Lipinski definition) is 1. The standard InChI is InChI=1S/C10H17FIO2/c1-10(11)6-8(12-7-10)4-2-3-5-9(13)14/h8H,2-7H2,1H3,(H,13,14)/q-1/t8-,10?/m1/s1. The minimum atomic E-state index is -0.912. The number of carbonyl (C=O) groups is 1. The van der Waals surface area contributed by atoms with Crippen molar-refractivity contribution in [1.29, 1.82) is 0 Å². The van der Waals surface area contributed by atoms with Gasteiger partial charge in [0.05, 0.1) is 0 Å². The monoisotopic (exact) mass is 315 g/mol. The number of aliphatic carboxylic acids is 1. The van der Waals surface area contributed by atoms with E-state index in [1.165, 1.54) is 0 Å². The van der Waals surface area contributed by atoms with Gasteiger partial charge in [-0.1, -0.05) is 0 Å². The molecule has 1 heterocycles. The number of alkyl halides is 3. The molecule has 2 nitrogen and oxygen atoms in total. The zero-order valence-corrected chi connectivity index (χ0v) is 10.6. The van der Waals surface area contributed by atoms with Gasteiger partial charge in [0.15, 0.2) is 0 Å². The molecule has 0 aromatic carbocycles. The summed E-state index contributed by atoms with van der Waals surface area (Å²) < 4.78 is 14.8. The molecule has 14 heavy (non-hydrogen) atoms. The van der Waals surface area contributed by atoms with Crippen molar-refractivity contribution in [1.82, 2.24) is 0 Å². The van der Waals surface area contributed by atoms with Crippen molar-refractivity contribution >= 4 is 5.97 Å². The van der Waals surface area contributed by atoms with Crippen molar-refractivity contribution in [2.75, 3.05) is 4.43 Å². The van der Waals surface area contributed by atoms with Gasteiger partial charge < -0.3 is 0 Å². The van der Waals surface area contributed by atoms with Gasteiger partial charge in [-0.3, -0.25) is 0 Å². The topological polar surface area (TPSA) is 37.3 Å². The summed E-state index contributed by atoms with van der Waals surface area (Å²) >= 11 is 0.0306. The van der Waals surface area contributed by atoms with E-state index in [2.05, 4.69) is 0 Å². The van der Waals surface area contributed by atoms with Crippen molar-refractivity contribution in [3.05, 3.63) is 0 Å². The average molecular weight is 315 g/mol. The van der Waals surface area contributed by atoms with E-state index in [9.17, 15) is 9.18 Å². The van der Waals surface area contributed by atoms with Crippen LogP contribution in [0.25, 0.3) is 0 Å². The van der Waals surface area contributed by atoms with E-state index < -0.39 is 11.6 Å². The van der Waals surface area contributed by atoms with E-state index in [-0.39, 0.29) is 27.6 Å². The molecule has 0 aromatic heterocycles. The Kier molecular flexibility index (Phi) is 4.60. The Morgan fingerprint density at radius 1 is 1.64 bits per heavy atom. The Hall–Kier alpha value is 0.130. The Balaban J connectivity index is 2.06. The number of carboxylic acids is 1. The third kappa shape index (κ3) is 4.57. The molecule has 1 fully saturated rings. The third-order valence-corrected chi connectivity index (χ3v) is 6.72. The number of unbranched alkanes of at least 4 members (excludes halogenated alkanes) is 1. The van der Waals surface area contributed by atoms with E-state index in [0.29, 0.717) is 10.3 Å². The van der Waals surface area contributed by atoms with Gasteiger partial charge in [0.2, 0.25) is 0 Å². The molecule has 1 aliphatic rings. The molecular formula is C10H17FIO2-. The molecule has 0 radical (unpaired) electrons. The predicted octanol–water partition coefficient (Wildman–Crippen LogP) is -0.779. The molecule has 0 aliphatic carbocycles. The Morgan fingerprint density at radius 2 is 2.36 bits per heavy atom. The number of rotatable bonds is 5. The van der Waals surface area contributed by atoms with Crippen molar-refractivity contribution < 1.29 is 35.5 Å². The average Bonchev–Trinajstić information content (AvgIpc) is 2.39. The molecule has 0 saturated carbocycles. The fourth-order valence-corrected chi connectivity index (χ4v) is 5.63. The predicted molar refractivity (Wildman–Crippen MR) is 48.9 cm³/mol. The summed E-state index contributed by atoms with van der Waals surface area (Å²) in [6.07, 6.45) is 3.72. The van der Waals surface area contributed by atoms with Crippen molar-refractivity contribution in [3.8, 4) is 0 Å². The van der Waals surface area contributed by atoms with Crippen LogP contribution < -0.4 is 21.2 Å². The Bertz CT molecular complexity index is 206. The first-order chi connectivity index (χ1) is 6.49. The summed E-state index contributed by atoms with van der Waals surface area (Å²) in [7, 11) is 0. The van der Waals surface area contributed by atoms with E-state index in [1.807, 2.05) is 0 Å². The van der Waals surface area contributed by atoms with Gasteiger partial charge in [-0.25, -0.2) is 0 Å². The maximum atomic E-state index is 13.4. The van der Waals surface area contributed by atoms with Crippen molar-refractivity contribution in [2.24, 2.45) is 0 Å². The molecule has 0 spiro atoms. The van der Waals surface area contributed by atoms with Gasteiger partial charge in [0.25, 0.3) is 0 Å². The second-order valence-electron chi connectivity index (χ2n) is 4.14. The van der Waals surface area contributed by atoms with Crippen LogP contribution in [0.3, 0.4) is 0 Å². The minimum absolute atomic E-state index is 0.0306. The Labute approximate surface area is 94.5 Å². The van der Waals surface area contributed by atoms with E-state index >= 15 is 0 Å². The first-order valence-corrected chi connectivity index (χ1v) is 7.75. The van der Waals surface area contributed by atoms with Crippen LogP contribution >= 0.6 is 0 Å². The summed E-state index contributed by atoms with van der Waals surface area (Å²) in [5, 5.41) is 8.44. The molecule has 1 unspecified atom stereocenters. The first-order valence-electron chi connectivity index (χ1n) is 4.98. The Morgan fingerprint density at radius 3 is 2.86 bits per heavy atom. The van der Waals surface area contributed by atoms with Gasteiger partial charge in [-0.15, -0.1) is 0 Å². The number of halogens is 2. The van der Waals surface area contributed by atoms with Crippen LogP contribution in [-0.4, -0.2) is 25.1 Å². The molecule has 1 saturated heterocycles.